The van der Waals surface area contributed by atoms with Crippen LogP contribution in [-0.2, 0) is 4.79 Å². The number of carbonyl (C=O) groups is 1. The van der Waals surface area contributed by atoms with Gasteiger partial charge in [-0.05, 0) is 12.1 Å². The number of pyridine rings is 1. The highest BCUT2D eigenvalue weighted by molar-refractivity contribution is 6.35. The van der Waals surface area contributed by atoms with Crippen molar-refractivity contribution in [2.45, 2.75) is 12.3 Å². The van der Waals surface area contributed by atoms with E-state index in [2.05, 4.69) is 20.5 Å². The molecule has 12 heteroatoms. The number of amides is 1. The quantitative estimate of drug-likeness (QED) is 0.361. The lowest BCUT2D eigenvalue weighted by atomic mass is 9.97. The number of anilines is 1. The molecule has 0 spiro atoms. The van der Waals surface area contributed by atoms with E-state index in [1.165, 1.54) is 28.9 Å². The molecule has 0 saturated heterocycles. The largest absolute Gasteiger partial charge is 0.424 e. The Hall–Kier alpha value is -3.21. The topological polar surface area (TPSA) is 75.1 Å². The van der Waals surface area contributed by atoms with Gasteiger partial charge in [-0.3, -0.25) is 9.89 Å². The Balaban J connectivity index is 1.96. The first-order chi connectivity index (χ1) is 13.7. The average Bonchev–Trinajstić information content (AvgIpc) is 3.28. The van der Waals surface area contributed by atoms with Gasteiger partial charge in [-0.25, -0.2) is 13.8 Å². The fourth-order valence-corrected chi connectivity index (χ4v) is 3.40. The Morgan fingerprint density at radius 1 is 1.28 bits per heavy atom. The zero-order valence-electron chi connectivity index (χ0n) is 14.1. The van der Waals surface area contributed by atoms with Gasteiger partial charge in [-0.15, -0.1) is 0 Å². The zero-order chi connectivity index (χ0) is 20.9. The van der Waals surface area contributed by atoms with E-state index in [1.54, 1.807) is 0 Å². The number of nitrogens with zero attached hydrogens (tertiary/aromatic N) is 3. The van der Waals surface area contributed by atoms with Crippen molar-refractivity contribution in [3.63, 3.8) is 0 Å². The smallest absolute Gasteiger partial charge is 0.312 e. The number of alkyl halides is 4. The maximum Gasteiger partial charge on any atom is 0.424 e. The second-order valence-corrected chi connectivity index (χ2v) is 6.43. The molecule has 0 radical (unpaired) electrons. The van der Waals surface area contributed by atoms with E-state index < -0.39 is 34.3 Å². The van der Waals surface area contributed by atoms with Crippen molar-refractivity contribution in [1.82, 2.24) is 19.6 Å². The molecule has 0 bridgehead atoms. The van der Waals surface area contributed by atoms with Crippen molar-refractivity contribution in [3.8, 4) is 11.1 Å². The van der Waals surface area contributed by atoms with Gasteiger partial charge in [0.1, 0.15) is 5.65 Å². The summed E-state index contributed by atoms with van der Waals surface area (Å²) in [5.74, 6) is -1.28. The number of rotatable bonds is 4. The van der Waals surface area contributed by atoms with Gasteiger partial charge in [0.2, 0.25) is 12.6 Å². The monoisotopic (exact) mass is 429 g/mol. The van der Waals surface area contributed by atoms with Crippen LogP contribution < -0.4 is 5.32 Å². The van der Waals surface area contributed by atoms with Crippen molar-refractivity contribution >= 4 is 40.4 Å². The van der Waals surface area contributed by atoms with Crippen molar-refractivity contribution in [2.24, 2.45) is 0 Å². The molecule has 0 aliphatic carbocycles. The summed E-state index contributed by atoms with van der Waals surface area (Å²) in [7, 11) is 0. The first-order valence-corrected chi connectivity index (χ1v) is 8.34. The summed E-state index contributed by atoms with van der Waals surface area (Å²) in [5.41, 5.74) is -0.903. The van der Waals surface area contributed by atoms with Crippen molar-refractivity contribution in [2.75, 3.05) is 5.32 Å². The van der Waals surface area contributed by atoms with Crippen molar-refractivity contribution in [3.05, 3.63) is 47.1 Å². The number of imidazole rings is 1. The predicted molar refractivity (Wildman–Crippen MR) is 94.8 cm³/mol. The molecule has 29 heavy (non-hydrogen) atoms. The van der Waals surface area contributed by atoms with Crippen LogP contribution in [0, 0.1) is 5.82 Å². The summed E-state index contributed by atoms with van der Waals surface area (Å²) in [4.78, 5) is 14.7. The van der Waals surface area contributed by atoms with Crippen molar-refractivity contribution in [1.29, 1.82) is 0 Å². The number of hydrogen-bond donors (Lipinski definition) is 2. The molecule has 4 rings (SSSR count). The highest BCUT2D eigenvalue weighted by Crippen LogP contribution is 2.45. The zero-order valence-corrected chi connectivity index (χ0v) is 14.8. The molecule has 1 aromatic carbocycles. The van der Waals surface area contributed by atoms with Crippen LogP contribution in [0.25, 0.3) is 27.7 Å². The number of halogens is 6. The van der Waals surface area contributed by atoms with Gasteiger partial charge in [0, 0.05) is 22.7 Å². The molecule has 1 unspecified atom stereocenters. The second kappa shape index (κ2) is 6.69. The molecule has 0 saturated carbocycles. The lowest BCUT2D eigenvalue weighted by Gasteiger charge is -2.17. The number of hydrogen-bond acceptors (Lipinski definition) is 3. The standard InChI is InChI=1S/C17H9ClF5N5O/c18-13-11(7-1-2-10-26-9(24-6-29)5-28(10)4-7)8-3-25-27-15(8)12(14(13)19)16(20)17(21,22)23/h1-6,16H,(H,24,29)(H,25,27). The van der Waals surface area contributed by atoms with Gasteiger partial charge in [0.25, 0.3) is 0 Å². The number of nitrogens with one attached hydrogen (secondary N) is 2. The summed E-state index contributed by atoms with van der Waals surface area (Å²) < 4.78 is 68.9. The summed E-state index contributed by atoms with van der Waals surface area (Å²) >= 11 is 6.03. The minimum absolute atomic E-state index is 0.0176. The summed E-state index contributed by atoms with van der Waals surface area (Å²) in [6.45, 7) is 0. The maximum atomic E-state index is 14.8. The Kier molecular flexibility index (Phi) is 4.41. The summed E-state index contributed by atoms with van der Waals surface area (Å²) in [6.07, 6.45) is -4.36. The average molecular weight is 430 g/mol. The molecule has 3 heterocycles. The van der Waals surface area contributed by atoms with E-state index in [9.17, 15) is 26.7 Å². The molecule has 2 N–H and O–H groups in total. The SMILES string of the molecule is O=CNc1cn2cc(-c3c(Cl)c(F)c(C(F)C(F)(F)F)c4[nH]ncc34)ccc2n1. The van der Waals surface area contributed by atoms with Gasteiger partial charge < -0.3 is 9.72 Å². The fourth-order valence-electron chi connectivity index (χ4n) is 3.09. The molecule has 0 fully saturated rings. The lowest BCUT2D eigenvalue weighted by molar-refractivity contribution is -0.183. The highest BCUT2D eigenvalue weighted by atomic mass is 35.5. The van der Waals surface area contributed by atoms with Gasteiger partial charge in [-0.2, -0.15) is 18.3 Å². The van der Waals surface area contributed by atoms with Gasteiger partial charge in [0.05, 0.1) is 28.5 Å². The molecular formula is C17H9ClF5N5O. The first-order valence-electron chi connectivity index (χ1n) is 7.96. The summed E-state index contributed by atoms with van der Waals surface area (Å²) in [6, 6.07) is 3.05. The highest BCUT2D eigenvalue weighted by Gasteiger charge is 2.45. The molecule has 0 aliphatic heterocycles. The summed E-state index contributed by atoms with van der Waals surface area (Å²) in [5, 5.41) is 7.57. The minimum atomic E-state index is -5.32. The predicted octanol–water partition coefficient (Wildman–Crippen LogP) is 4.81. The lowest BCUT2D eigenvalue weighted by Crippen LogP contribution is -2.18. The van der Waals surface area contributed by atoms with Crippen LogP contribution in [0.4, 0.5) is 27.8 Å². The van der Waals surface area contributed by atoms with Gasteiger partial charge >= 0.3 is 6.18 Å². The van der Waals surface area contributed by atoms with E-state index in [4.69, 9.17) is 11.6 Å². The van der Waals surface area contributed by atoms with Crippen LogP contribution in [0.5, 0.6) is 0 Å². The van der Waals surface area contributed by atoms with Crippen LogP contribution in [0.2, 0.25) is 5.02 Å². The molecule has 4 aromatic rings. The normalized spacial score (nSPS) is 13.2. The number of aromatic nitrogens is 4. The number of carbonyl (C=O) groups excluding carboxylic acids is 1. The molecule has 1 atom stereocenters. The van der Waals surface area contributed by atoms with Crippen molar-refractivity contribution < 1.29 is 26.7 Å². The van der Waals surface area contributed by atoms with Crippen LogP contribution in [-0.4, -0.2) is 32.2 Å². The Bertz CT molecular complexity index is 1250. The molecule has 6 nitrogen and oxygen atoms in total. The van der Waals surface area contributed by atoms with Gasteiger partial charge in [-0.1, -0.05) is 11.6 Å². The molecular weight excluding hydrogens is 421 g/mol. The number of H-pyrrole nitrogens is 1. The third-order valence-electron chi connectivity index (χ3n) is 4.31. The van der Waals surface area contributed by atoms with Crippen LogP contribution in [0.1, 0.15) is 11.7 Å². The molecule has 1 amide bonds. The van der Waals surface area contributed by atoms with Crippen LogP contribution >= 0.6 is 11.6 Å². The molecule has 3 aromatic heterocycles. The van der Waals surface area contributed by atoms with Crippen LogP contribution in [0.15, 0.2) is 30.7 Å². The van der Waals surface area contributed by atoms with E-state index in [-0.39, 0.29) is 16.8 Å². The van der Waals surface area contributed by atoms with Gasteiger partial charge in [0.15, 0.2) is 11.6 Å². The Labute approximate surface area is 163 Å². The van der Waals surface area contributed by atoms with E-state index in [0.29, 0.717) is 17.6 Å². The number of aromatic amines is 1. The Morgan fingerprint density at radius 2 is 2.03 bits per heavy atom. The van der Waals surface area contributed by atoms with E-state index in [1.807, 2.05) is 0 Å². The Morgan fingerprint density at radius 3 is 2.72 bits per heavy atom. The molecule has 0 aliphatic rings. The fraction of sp³-hybridized carbons (Fsp3) is 0.118. The first kappa shape index (κ1) is 19.1. The third-order valence-corrected chi connectivity index (χ3v) is 4.67. The minimum Gasteiger partial charge on any atom is -0.312 e. The molecule has 150 valence electrons. The van der Waals surface area contributed by atoms with E-state index >= 15 is 0 Å². The van der Waals surface area contributed by atoms with Crippen LogP contribution in [0.3, 0.4) is 0 Å². The third kappa shape index (κ3) is 3.07. The number of benzene rings is 1. The number of fused-ring (bicyclic) bond motifs is 2. The van der Waals surface area contributed by atoms with E-state index in [0.717, 1.165) is 6.20 Å². The second-order valence-electron chi connectivity index (χ2n) is 6.05. The maximum absolute atomic E-state index is 14.8.